The second-order valence-electron chi connectivity index (χ2n) is 5.60. The number of benzene rings is 1. The van der Waals surface area contributed by atoms with E-state index in [1.165, 1.54) is 0 Å². The molecule has 0 heterocycles. The van der Waals surface area contributed by atoms with Gasteiger partial charge in [0.05, 0.1) is 0 Å². The van der Waals surface area contributed by atoms with Crippen molar-refractivity contribution in [3.63, 3.8) is 0 Å². The molecular weight excluding hydrogens is 394 g/mol. The predicted octanol–water partition coefficient (Wildman–Crippen LogP) is 9.12. The third-order valence-electron chi connectivity index (χ3n) is 3.51. The predicted molar refractivity (Wildman–Crippen MR) is 117 cm³/mol. The van der Waals surface area contributed by atoms with Crippen LogP contribution in [0.1, 0.15) is 58.1 Å². The molecule has 0 aromatic heterocycles. The summed E-state index contributed by atoms with van der Waals surface area (Å²) in [6, 6.07) is 3.97. The molecule has 0 bridgehead atoms. The summed E-state index contributed by atoms with van der Waals surface area (Å²) in [6.07, 6.45) is 6.43. The lowest BCUT2D eigenvalue weighted by molar-refractivity contribution is 0.823. The number of halogens is 4. The molecule has 0 unspecified atom stereocenters. The van der Waals surface area contributed by atoms with Crippen LogP contribution in [-0.2, 0) is 12.8 Å². The molecule has 0 fully saturated rings. The summed E-state index contributed by atoms with van der Waals surface area (Å²) in [5, 5.41) is 2.20. The summed E-state index contributed by atoms with van der Waals surface area (Å²) in [5.41, 5.74) is 5.54. The maximum atomic E-state index is 6.37. The van der Waals surface area contributed by atoms with Crippen molar-refractivity contribution in [1.29, 1.82) is 0 Å². The van der Waals surface area contributed by atoms with E-state index in [4.69, 9.17) is 46.4 Å². The zero-order chi connectivity index (χ0) is 19.4. The second kappa shape index (κ2) is 13.8. The Morgan fingerprint density at radius 2 is 1.60 bits per heavy atom. The van der Waals surface area contributed by atoms with Gasteiger partial charge in [0.15, 0.2) is 0 Å². The summed E-state index contributed by atoms with van der Waals surface area (Å²) >= 11 is 24.7. The van der Waals surface area contributed by atoms with Crippen molar-refractivity contribution < 1.29 is 0 Å². The fourth-order valence-electron chi connectivity index (χ4n) is 2.21. The summed E-state index contributed by atoms with van der Waals surface area (Å²) < 4.78 is 0. The fourth-order valence-corrected chi connectivity index (χ4v) is 3.08. The highest BCUT2D eigenvalue weighted by Crippen LogP contribution is 2.28. The van der Waals surface area contributed by atoms with Gasteiger partial charge < -0.3 is 0 Å². The molecule has 0 saturated carbocycles. The van der Waals surface area contributed by atoms with Crippen molar-refractivity contribution in [1.82, 2.24) is 0 Å². The van der Waals surface area contributed by atoms with Gasteiger partial charge in [-0.3, -0.25) is 0 Å². The molecule has 1 aromatic carbocycles. The van der Waals surface area contributed by atoms with Crippen LogP contribution < -0.4 is 0 Å². The van der Waals surface area contributed by atoms with Gasteiger partial charge >= 0.3 is 0 Å². The first kappa shape index (κ1) is 24.6. The maximum absolute atomic E-state index is 6.37. The molecule has 0 spiro atoms. The van der Waals surface area contributed by atoms with Gasteiger partial charge in [0.2, 0.25) is 0 Å². The highest BCUT2D eigenvalue weighted by molar-refractivity contribution is 6.34. The standard InChI is InChI=1S/C19H22Cl4.C2H6/c1-4-6-15-10-19(23)16(11-18(15)22)8-5-7-14(12-20)9-17(21)13(2)3;1-2/h9-12H,2,4-8H2,1,3H3;1-2H3/b14-12+,17-9+;. The molecule has 0 aliphatic heterocycles. The monoisotopic (exact) mass is 420 g/mol. The molecule has 0 aliphatic rings. The highest BCUT2D eigenvalue weighted by atomic mass is 35.5. The Morgan fingerprint density at radius 3 is 2.04 bits per heavy atom. The SMILES string of the molecule is C=C(C)/C(Cl)=C\C(=C\Cl)CCCc1cc(Cl)c(CCC)cc1Cl.CC. The van der Waals surface area contributed by atoms with E-state index in [-0.39, 0.29) is 0 Å². The van der Waals surface area contributed by atoms with Crippen molar-refractivity contribution in [2.24, 2.45) is 0 Å². The fraction of sp³-hybridized carbons (Fsp3) is 0.429. The number of rotatable bonds is 8. The van der Waals surface area contributed by atoms with E-state index in [0.29, 0.717) is 5.03 Å². The van der Waals surface area contributed by atoms with Gasteiger partial charge in [-0.15, -0.1) is 0 Å². The Balaban J connectivity index is 0.00000277. The molecule has 0 atom stereocenters. The minimum absolute atomic E-state index is 0.627. The third kappa shape index (κ3) is 9.20. The first-order valence-corrected chi connectivity index (χ1v) is 10.2. The van der Waals surface area contributed by atoms with Gasteiger partial charge in [0, 0.05) is 20.6 Å². The average molecular weight is 422 g/mol. The second-order valence-corrected chi connectivity index (χ2v) is 7.04. The molecular formula is C21H28Cl4. The largest absolute Gasteiger partial charge is 0.0946 e. The summed E-state index contributed by atoms with van der Waals surface area (Å²) in [4.78, 5) is 0. The number of hydrogen-bond acceptors (Lipinski definition) is 0. The Hall–Kier alpha value is -0.400. The Kier molecular flexibility index (Phi) is 13.5. The van der Waals surface area contributed by atoms with Gasteiger partial charge in [0.1, 0.15) is 0 Å². The molecule has 0 saturated heterocycles. The zero-order valence-corrected chi connectivity index (χ0v) is 18.6. The van der Waals surface area contributed by atoms with E-state index in [0.717, 1.165) is 64.4 Å². The normalized spacial score (nSPS) is 11.8. The minimum Gasteiger partial charge on any atom is -0.0946 e. The van der Waals surface area contributed by atoms with Crippen molar-refractivity contribution in [3.05, 3.63) is 67.7 Å². The quantitative estimate of drug-likeness (QED) is 0.367. The van der Waals surface area contributed by atoms with Crippen molar-refractivity contribution >= 4 is 46.4 Å². The molecule has 1 aromatic rings. The summed E-state index contributed by atoms with van der Waals surface area (Å²) in [5.74, 6) is 0. The lowest BCUT2D eigenvalue weighted by Gasteiger charge is -2.10. The molecule has 0 N–H and O–H groups in total. The van der Waals surface area contributed by atoms with E-state index < -0.39 is 0 Å². The molecule has 4 heteroatoms. The van der Waals surface area contributed by atoms with Crippen LogP contribution in [0.3, 0.4) is 0 Å². The van der Waals surface area contributed by atoms with Crippen LogP contribution in [0, 0.1) is 0 Å². The van der Waals surface area contributed by atoms with Crippen LogP contribution >= 0.6 is 46.4 Å². The summed E-state index contributed by atoms with van der Waals surface area (Å²) in [7, 11) is 0. The summed E-state index contributed by atoms with van der Waals surface area (Å²) in [6.45, 7) is 11.8. The van der Waals surface area contributed by atoms with Gasteiger partial charge in [-0.25, -0.2) is 0 Å². The molecule has 1 rings (SSSR count). The van der Waals surface area contributed by atoms with Gasteiger partial charge in [-0.1, -0.05) is 80.2 Å². The third-order valence-corrected chi connectivity index (χ3v) is 4.92. The molecule has 0 radical (unpaired) electrons. The number of aryl methyl sites for hydroxylation is 2. The minimum atomic E-state index is 0.627. The number of allylic oxidation sites excluding steroid dienone is 4. The molecule has 140 valence electrons. The van der Waals surface area contributed by atoms with E-state index in [9.17, 15) is 0 Å². The smallest absolute Gasteiger partial charge is 0.0441 e. The molecule has 0 amide bonds. The zero-order valence-electron chi connectivity index (χ0n) is 15.6. The van der Waals surface area contributed by atoms with Crippen molar-refractivity contribution in [3.8, 4) is 0 Å². The van der Waals surface area contributed by atoms with Gasteiger partial charge in [-0.2, -0.15) is 0 Å². The van der Waals surface area contributed by atoms with Crippen LogP contribution in [-0.4, -0.2) is 0 Å². The van der Waals surface area contributed by atoms with E-state index >= 15 is 0 Å². The Labute approximate surface area is 173 Å². The van der Waals surface area contributed by atoms with Crippen LogP contribution in [0.25, 0.3) is 0 Å². The topological polar surface area (TPSA) is 0 Å². The molecule has 25 heavy (non-hydrogen) atoms. The van der Waals surface area contributed by atoms with Crippen LogP contribution in [0.5, 0.6) is 0 Å². The van der Waals surface area contributed by atoms with E-state index in [2.05, 4.69) is 13.5 Å². The van der Waals surface area contributed by atoms with Crippen LogP contribution in [0.15, 0.2) is 46.5 Å². The van der Waals surface area contributed by atoms with Crippen LogP contribution in [0.4, 0.5) is 0 Å². The van der Waals surface area contributed by atoms with Crippen LogP contribution in [0.2, 0.25) is 10.0 Å². The van der Waals surface area contributed by atoms with E-state index in [1.807, 2.05) is 39.0 Å². The van der Waals surface area contributed by atoms with E-state index in [1.54, 1.807) is 5.54 Å². The highest BCUT2D eigenvalue weighted by Gasteiger charge is 2.07. The molecule has 0 nitrogen and oxygen atoms in total. The van der Waals surface area contributed by atoms with Gasteiger partial charge in [-0.05, 0) is 73.1 Å². The molecule has 0 aliphatic carbocycles. The average Bonchev–Trinajstić information content (AvgIpc) is 2.59. The first-order valence-electron chi connectivity index (χ1n) is 8.68. The maximum Gasteiger partial charge on any atom is 0.0441 e. The number of hydrogen-bond donors (Lipinski definition) is 0. The lowest BCUT2D eigenvalue weighted by Crippen LogP contribution is -1.93. The van der Waals surface area contributed by atoms with Gasteiger partial charge in [0.25, 0.3) is 0 Å². The lowest BCUT2D eigenvalue weighted by atomic mass is 10.0. The Bertz CT molecular complexity index is 613. The first-order chi connectivity index (χ1) is 11.9. The Morgan fingerprint density at radius 1 is 1.08 bits per heavy atom. The van der Waals surface area contributed by atoms with Crippen molar-refractivity contribution in [2.45, 2.75) is 59.8 Å². The van der Waals surface area contributed by atoms with Crippen molar-refractivity contribution in [2.75, 3.05) is 0 Å².